The second-order valence-electron chi connectivity index (χ2n) is 4.47. The lowest BCUT2D eigenvalue weighted by Crippen LogP contribution is -2.47. The molecule has 1 aliphatic rings. The van der Waals surface area contributed by atoms with E-state index in [1.165, 1.54) is 0 Å². The molecule has 0 atom stereocenters. The quantitative estimate of drug-likeness (QED) is 0.838. The van der Waals surface area contributed by atoms with Gasteiger partial charge in [-0.15, -0.1) is 11.3 Å². The SMILES string of the molecule is CN1CCN(Nc2nc(N)nc3sccc23)CC1. The molecule has 0 saturated carbocycles. The number of hydrogen-bond donors (Lipinski definition) is 2. The zero-order valence-electron chi connectivity index (χ0n) is 10.3. The van der Waals surface area contributed by atoms with Crippen molar-refractivity contribution in [3.8, 4) is 0 Å². The van der Waals surface area contributed by atoms with Crippen molar-refractivity contribution in [1.82, 2.24) is 19.9 Å². The number of nitrogens with two attached hydrogens (primary N) is 1. The van der Waals surface area contributed by atoms with Crippen LogP contribution in [0.15, 0.2) is 11.4 Å². The number of rotatable bonds is 2. The number of nitrogen functional groups attached to an aromatic ring is 1. The van der Waals surface area contributed by atoms with Crippen LogP contribution in [0.25, 0.3) is 10.2 Å². The Labute approximate surface area is 109 Å². The first-order valence-corrected chi connectivity index (χ1v) is 6.81. The summed E-state index contributed by atoms with van der Waals surface area (Å²) in [5, 5.41) is 5.22. The molecule has 7 heteroatoms. The first-order valence-electron chi connectivity index (χ1n) is 5.93. The van der Waals surface area contributed by atoms with Crippen molar-refractivity contribution in [2.75, 3.05) is 44.4 Å². The van der Waals surface area contributed by atoms with Gasteiger partial charge in [-0.2, -0.15) is 4.98 Å². The zero-order valence-corrected chi connectivity index (χ0v) is 11.1. The summed E-state index contributed by atoms with van der Waals surface area (Å²) in [7, 11) is 2.14. The lowest BCUT2D eigenvalue weighted by atomic mass is 10.3. The third-order valence-electron chi connectivity index (χ3n) is 3.11. The topological polar surface area (TPSA) is 70.3 Å². The molecule has 0 spiro atoms. The maximum absolute atomic E-state index is 5.73. The predicted octanol–water partition coefficient (Wildman–Crippen LogP) is 0.848. The molecule has 0 bridgehead atoms. The Morgan fingerprint density at radius 3 is 2.83 bits per heavy atom. The lowest BCUT2D eigenvalue weighted by molar-refractivity contribution is 0.178. The average molecular weight is 264 g/mol. The van der Waals surface area contributed by atoms with Crippen molar-refractivity contribution < 1.29 is 0 Å². The average Bonchev–Trinajstić information content (AvgIpc) is 2.80. The molecule has 2 aromatic rings. The van der Waals surface area contributed by atoms with Crippen molar-refractivity contribution in [3.63, 3.8) is 0 Å². The van der Waals surface area contributed by atoms with E-state index in [9.17, 15) is 0 Å². The molecule has 0 aliphatic carbocycles. The molecular weight excluding hydrogens is 248 g/mol. The first-order chi connectivity index (χ1) is 8.72. The standard InChI is InChI=1S/C11H16N6S/c1-16-3-5-17(6-4-16)15-9-8-2-7-18-10(8)14-11(12)13-9/h2,7H,3-6H2,1H3,(H3,12,13,14,15). The van der Waals surface area contributed by atoms with Crippen molar-refractivity contribution >= 4 is 33.3 Å². The van der Waals surface area contributed by atoms with Crippen LogP contribution < -0.4 is 11.2 Å². The Kier molecular flexibility index (Phi) is 3.02. The second-order valence-corrected chi connectivity index (χ2v) is 5.37. The van der Waals surface area contributed by atoms with Gasteiger partial charge < -0.3 is 16.1 Å². The molecule has 96 valence electrons. The fourth-order valence-electron chi connectivity index (χ4n) is 2.03. The molecule has 6 nitrogen and oxygen atoms in total. The van der Waals surface area contributed by atoms with E-state index in [2.05, 4.69) is 32.4 Å². The van der Waals surface area contributed by atoms with Crippen LogP contribution in [-0.2, 0) is 0 Å². The van der Waals surface area contributed by atoms with Gasteiger partial charge in [0.05, 0.1) is 5.39 Å². The third kappa shape index (κ3) is 2.24. The van der Waals surface area contributed by atoms with Crippen LogP contribution >= 0.6 is 11.3 Å². The van der Waals surface area contributed by atoms with Crippen LogP contribution in [0.4, 0.5) is 11.8 Å². The van der Waals surface area contributed by atoms with Gasteiger partial charge in [0, 0.05) is 26.2 Å². The maximum Gasteiger partial charge on any atom is 0.223 e. The number of piperazine rings is 1. The monoisotopic (exact) mass is 264 g/mol. The van der Waals surface area contributed by atoms with Gasteiger partial charge in [-0.05, 0) is 18.5 Å². The number of hydrazine groups is 1. The van der Waals surface area contributed by atoms with Gasteiger partial charge >= 0.3 is 0 Å². The summed E-state index contributed by atoms with van der Waals surface area (Å²) < 4.78 is 0. The Balaban J connectivity index is 1.83. The molecule has 3 N–H and O–H groups in total. The largest absolute Gasteiger partial charge is 0.368 e. The maximum atomic E-state index is 5.73. The smallest absolute Gasteiger partial charge is 0.223 e. The lowest BCUT2D eigenvalue weighted by Gasteiger charge is -2.32. The van der Waals surface area contributed by atoms with E-state index in [0.29, 0.717) is 5.95 Å². The van der Waals surface area contributed by atoms with E-state index < -0.39 is 0 Å². The summed E-state index contributed by atoms with van der Waals surface area (Å²) in [5.41, 5.74) is 9.08. The van der Waals surface area contributed by atoms with Crippen molar-refractivity contribution in [1.29, 1.82) is 0 Å². The van der Waals surface area contributed by atoms with Crippen LogP contribution in [0.3, 0.4) is 0 Å². The Bertz CT molecular complexity index is 545. The Morgan fingerprint density at radius 2 is 2.06 bits per heavy atom. The summed E-state index contributed by atoms with van der Waals surface area (Å²) in [5.74, 6) is 1.13. The van der Waals surface area contributed by atoms with Gasteiger partial charge in [0.25, 0.3) is 0 Å². The second kappa shape index (κ2) is 4.68. The van der Waals surface area contributed by atoms with Crippen LogP contribution in [0.2, 0.25) is 0 Å². The highest BCUT2D eigenvalue weighted by atomic mass is 32.1. The summed E-state index contributed by atoms with van der Waals surface area (Å²) in [6.07, 6.45) is 0. The molecule has 0 unspecified atom stereocenters. The minimum Gasteiger partial charge on any atom is -0.368 e. The van der Waals surface area contributed by atoms with E-state index >= 15 is 0 Å². The van der Waals surface area contributed by atoms with Gasteiger partial charge in [0.2, 0.25) is 5.95 Å². The molecule has 0 radical (unpaired) electrons. The van der Waals surface area contributed by atoms with Gasteiger partial charge in [0.15, 0.2) is 5.82 Å². The number of fused-ring (bicyclic) bond motifs is 1. The molecule has 1 fully saturated rings. The summed E-state index contributed by atoms with van der Waals surface area (Å²) in [6.45, 7) is 4.07. The van der Waals surface area contributed by atoms with Gasteiger partial charge in [-0.25, -0.2) is 9.99 Å². The van der Waals surface area contributed by atoms with Gasteiger partial charge in [0.1, 0.15) is 4.83 Å². The number of likely N-dealkylation sites (N-methyl/N-ethyl adjacent to an activating group) is 1. The number of thiophene rings is 1. The number of anilines is 2. The van der Waals surface area contributed by atoms with E-state index in [-0.39, 0.29) is 0 Å². The van der Waals surface area contributed by atoms with Crippen LogP contribution in [0.5, 0.6) is 0 Å². The van der Waals surface area contributed by atoms with E-state index in [1.54, 1.807) is 11.3 Å². The fourth-order valence-corrected chi connectivity index (χ4v) is 2.80. The number of hydrogen-bond acceptors (Lipinski definition) is 7. The minimum absolute atomic E-state index is 0.321. The summed E-state index contributed by atoms with van der Waals surface area (Å²) >= 11 is 1.58. The fraction of sp³-hybridized carbons (Fsp3) is 0.455. The van der Waals surface area contributed by atoms with E-state index in [4.69, 9.17) is 5.73 Å². The Morgan fingerprint density at radius 1 is 1.28 bits per heavy atom. The van der Waals surface area contributed by atoms with Crippen LogP contribution in [-0.4, -0.2) is 53.1 Å². The Hall–Kier alpha value is -1.44. The number of aromatic nitrogens is 2. The number of nitrogens with one attached hydrogen (secondary N) is 1. The highest BCUT2D eigenvalue weighted by Crippen LogP contribution is 2.26. The normalized spacial score (nSPS) is 18.3. The molecule has 18 heavy (non-hydrogen) atoms. The minimum atomic E-state index is 0.321. The first kappa shape index (κ1) is 11.6. The molecule has 1 saturated heterocycles. The van der Waals surface area contributed by atoms with Crippen molar-refractivity contribution in [2.45, 2.75) is 0 Å². The third-order valence-corrected chi connectivity index (χ3v) is 3.92. The summed E-state index contributed by atoms with van der Waals surface area (Å²) in [6, 6.07) is 2.03. The van der Waals surface area contributed by atoms with E-state index in [0.717, 1.165) is 42.2 Å². The molecule has 3 rings (SSSR count). The molecule has 1 aliphatic heterocycles. The van der Waals surface area contributed by atoms with Crippen molar-refractivity contribution in [2.24, 2.45) is 0 Å². The van der Waals surface area contributed by atoms with Gasteiger partial charge in [-0.3, -0.25) is 0 Å². The molecule has 3 heterocycles. The van der Waals surface area contributed by atoms with E-state index in [1.807, 2.05) is 11.4 Å². The number of nitrogens with zero attached hydrogens (tertiary/aromatic N) is 4. The molecule has 0 amide bonds. The van der Waals surface area contributed by atoms with Crippen LogP contribution in [0, 0.1) is 0 Å². The van der Waals surface area contributed by atoms with Crippen molar-refractivity contribution in [3.05, 3.63) is 11.4 Å². The summed E-state index contributed by atoms with van der Waals surface area (Å²) in [4.78, 5) is 11.8. The predicted molar refractivity (Wildman–Crippen MR) is 74.5 cm³/mol. The highest BCUT2D eigenvalue weighted by Gasteiger charge is 2.15. The molecule has 2 aromatic heterocycles. The molecular formula is C11H16N6S. The molecule has 0 aromatic carbocycles. The van der Waals surface area contributed by atoms with Crippen LogP contribution in [0.1, 0.15) is 0 Å². The van der Waals surface area contributed by atoms with Gasteiger partial charge in [-0.1, -0.05) is 0 Å². The highest BCUT2D eigenvalue weighted by molar-refractivity contribution is 7.16. The zero-order chi connectivity index (χ0) is 12.5.